The Kier molecular flexibility index (Phi) is 6.63. The van der Waals surface area contributed by atoms with E-state index in [4.69, 9.17) is 4.74 Å². The number of rotatable bonds is 6. The molecule has 0 aromatic heterocycles. The highest BCUT2D eigenvalue weighted by molar-refractivity contribution is 6.16. The molecule has 0 saturated heterocycles. The molecular weight excluding hydrogens is 447 g/mol. The molecule has 9 heteroatoms. The molecule has 0 bridgehead atoms. The third kappa shape index (κ3) is 4.51. The highest BCUT2D eigenvalue weighted by Gasteiger charge is 2.67. The van der Waals surface area contributed by atoms with Crippen molar-refractivity contribution in [1.29, 1.82) is 0 Å². The van der Waals surface area contributed by atoms with Gasteiger partial charge in [-0.15, -0.1) is 0 Å². The largest absolute Gasteiger partial charge is 0.497 e. The minimum atomic E-state index is -5.12. The van der Waals surface area contributed by atoms with Crippen LogP contribution in [0, 0.1) is 5.92 Å². The van der Waals surface area contributed by atoms with Crippen molar-refractivity contribution in [3.8, 4) is 5.75 Å². The first-order valence-corrected chi connectivity index (χ1v) is 11.2. The first-order chi connectivity index (χ1) is 16.2. The van der Waals surface area contributed by atoms with Gasteiger partial charge in [0.05, 0.1) is 13.7 Å². The summed E-state index contributed by atoms with van der Waals surface area (Å²) in [4.78, 5) is 31.2. The van der Waals surface area contributed by atoms with Crippen LogP contribution in [0.5, 0.6) is 5.75 Å². The summed E-state index contributed by atoms with van der Waals surface area (Å²) in [6, 6.07) is 14.9. The number of benzene rings is 2. The molecule has 1 N–H and O–H groups in total. The number of aliphatic imine (C=N–C) groups is 1. The average Bonchev–Trinajstić information content (AvgIpc) is 3.13. The molecule has 2 aromatic carbocycles. The lowest BCUT2D eigenvalue weighted by molar-refractivity contribution is -0.201. The monoisotopic (exact) mass is 473 g/mol. The highest BCUT2D eigenvalue weighted by atomic mass is 19.4. The smallest absolute Gasteiger partial charge is 0.442 e. The number of carbonyl (C=O) groups excluding carboxylic acids is 2. The van der Waals surface area contributed by atoms with Crippen LogP contribution in [0.2, 0.25) is 0 Å². The van der Waals surface area contributed by atoms with Crippen LogP contribution in [0.25, 0.3) is 0 Å². The number of nitrogens with zero attached hydrogens (tertiary/aromatic N) is 2. The van der Waals surface area contributed by atoms with Gasteiger partial charge in [0.2, 0.25) is 5.91 Å². The van der Waals surface area contributed by atoms with E-state index in [1.54, 1.807) is 54.6 Å². The van der Waals surface area contributed by atoms with E-state index in [-0.39, 0.29) is 12.4 Å². The Labute approximate surface area is 195 Å². The number of alkyl halides is 3. The molecular formula is C25H26F3N3O3. The number of amides is 2. The second kappa shape index (κ2) is 9.48. The lowest BCUT2D eigenvalue weighted by Crippen LogP contribution is -2.64. The lowest BCUT2D eigenvalue weighted by atomic mass is 9.88. The quantitative estimate of drug-likeness (QED) is 0.675. The summed E-state index contributed by atoms with van der Waals surface area (Å²) in [5, 5.41) is 2.02. The van der Waals surface area contributed by atoms with Crippen molar-refractivity contribution in [3.05, 3.63) is 65.7 Å². The van der Waals surface area contributed by atoms with Gasteiger partial charge in [0.25, 0.3) is 5.91 Å². The van der Waals surface area contributed by atoms with E-state index < -0.39 is 29.6 Å². The summed E-state index contributed by atoms with van der Waals surface area (Å²) < 4.78 is 48.7. The summed E-state index contributed by atoms with van der Waals surface area (Å²) in [7, 11) is 1.51. The van der Waals surface area contributed by atoms with Gasteiger partial charge in [0.15, 0.2) is 0 Å². The zero-order chi connectivity index (χ0) is 24.3. The Hall–Kier alpha value is -3.36. The maximum Gasteiger partial charge on any atom is 0.442 e. The Morgan fingerprint density at radius 1 is 1.09 bits per heavy atom. The van der Waals surface area contributed by atoms with Crippen LogP contribution in [0.3, 0.4) is 0 Å². The van der Waals surface area contributed by atoms with Gasteiger partial charge in [0.1, 0.15) is 11.6 Å². The Morgan fingerprint density at radius 3 is 2.32 bits per heavy atom. The molecule has 2 aliphatic rings. The molecule has 1 fully saturated rings. The van der Waals surface area contributed by atoms with Crippen molar-refractivity contribution >= 4 is 17.6 Å². The van der Waals surface area contributed by atoms with Gasteiger partial charge < -0.3 is 10.1 Å². The van der Waals surface area contributed by atoms with Crippen molar-refractivity contribution in [2.24, 2.45) is 10.9 Å². The Bertz CT molecular complexity index is 1060. The van der Waals surface area contributed by atoms with E-state index >= 15 is 0 Å². The van der Waals surface area contributed by atoms with E-state index in [0.29, 0.717) is 29.7 Å². The van der Waals surface area contributed by atoms with Crippen molar-refractivity contribution < 1.29 is 27.5 Å². The SMILES string of the molecule is COc1ccc(CN2C(=O)C(NC(=O)C3CCCCC3)(C(F)(F)F)N=C2c2ccccc2)cc1. The average molecular weight is 473 g/mol. The van der Waals surface area contributed by atoms with Crippen molar-refractivity contribution in [3.63, 3.8) is 0 Å². The van der Waals surface area contributed by atoms with Crippen LogP contribution < -0.4 is 10.1 Å². The minimum Gasteiger partial charge on any atom is -0.497 e. The number of halogens is 3. The van der Waals surface area contributed by atoms with Gasteiger partial charge in [-0.25, -0.2) is 4.99 Å². The molecule has 1 aliphatic heterocycles. The summed E-state index contributed by atoms with van der Waals surface area (Å²) in [5.41, 5.74) is -2.42. The molecule has 2 aromatic rings. The minimum absolute atomic E-state index is 0.136. The van der Waals surface area contributed by atoms with Crippen molar-refractivity contribution in [2.45, 2.75) is 50.5 Å². The van der Waals surface area contributed by atoms with Crippen LogP contribution in [0.1, 0.15) is 43.2 Å². The van der Waals surface area contributed by atoms with Gasteiger partial charge in [-0.1, -0.05) is 61.7 Å². The zero-order valence-electron chi connectivity index (χ0n) is 18.8. The molecule has 1 atom stereocenters. The van der Waals surface area contributed by atoms with Gasteiger partial charge in [-0.05, 0) is 30.5 Å². The Morgan fingerprint density at radius 2 is 1.74 bits per heavy atom. The summed E-state index contributed by atoms with van der Waals surface area (Å²) in [5.74, 6) is -2.22. The fourth-order valence-electron chi connectivity index (χ4n) is 4.41. The predicted molar refractivity (Wildman–Crippen MR) is 120 cm³/mol. The van der Waals surface area contributed by atoms with Gasteiger partial charge in [0, 0.05) is 11.5 Å². The summed E-state index contributed by atoms with van der Waals surface area (Å²) in [6.07, 6.45) is -1.64. The molecule has 1 unspecified atom stereocenters. The maximum absolute atomic E-state index is 14.5. The van der Waals surface area contributed by atoms with Gasteiger partial charge in [-0.2, -0.15) is 13.2 Å². The van der Waals surface area contributed by atoms with E-state index in [9.17, 15) is 22.8 Å². The number of carbonyl (C=O) groups is 2. The van der Waals surface area contributed by atoms with E-state index in [1.165, 1.54) is 7.11 Å². The number of ether oxygens (including phenoxy) is 1. The third-order valence-electron chi connectivity index (χ3n) is 6.31. The molecule has 0 radical (unpaired) electrons. The molecule has 4 rings (SSSR count). The first-order valence-electron chi connectivity index (χ1n) is 11.2. The molecule has 1 aliphatic carbocycles. The Balaban J connectivity index is 1.73. The van der Waals surface area contributed by atoms with Crippen LogP contribution >= 0.6 is 0 Å². The first kappa shape index (κ1) is 23.8. The number of amidine groups is 1. The highest BCUT2D eigenvalue weighted by Crippen LogP contribution is 2.40. The van der Waals surface area contributed by atoms with E-state index in [1.807, 2.05) is 5.32 Å². The zero-order valence-corrected chi connectivity index (χ0v) is 18.8. The topological polar surface area (TPSA) is 71.0 Å². The van der Waals surface area contributed by atoms with Crippen molar-refractivity contribution in [2.75, 3.05) is 7.11 Å². The van der Waals surface area contributed by atoms with E-state index in [0.717, 1.165) is 24.2 Å². The molecule has 0 spiro atoms. The third-order valence-corrected chi connectivity index (χ3v) is 6.31. The second-order valence-electron chi connectivity index (χ2n) is 8.57. The summed E-state index contributed by atoms with van der Waals surface area (Å²) in [6.45, 7) is -0.145. The number of hydrogen-bond acceptors (Lipinski definition) is 4. The van der Waals surface area contributed by atoms with Crippen LogP contribution in [-0.4, -0.2) is 41.5 Å². The number of nitrogens with one attached hydrogen (secondary N) is 1. The normalized spacial score (nSPS) is 21.4. The van der Waals surface area contributed by atoms with Crippen LogP contribution in [0.15, 0.2) is 59.6 Å². The summed E-state index contributed by atoms with van der Waals surface area (Å²) >= 11 is 0. The number of methoxy groups -OCH3 is 1. The lowest BCUT2D eigenvalue weighted by Gasteiger charge is -2.31. The predicted octanol–water partition coefficient (Wildman–Crippen LogP) is 4.44. The fourth-order valence-corrected chi connectivity index (χ4v) is 4.41. The second-order valence-corrected chi connectivity index (χ2v) is 8.57. The standard InChI is InChI=1S/C25H26F3N3O3/c1-34-20-14-12-17(13-15-20)16-31-21(18-8-4-2-5-9-18)29-24(23(31)33,25(26,27)28)30-22(32)19-10-6-3-7-11-19/h2,4-5,8-9,12-15,19H,3,6-7,10-11,16H2,1H3,(H,30,32). The van der Waals surface area contributed by atoms with Crippen LogP contribution in [0.4, 0.5) is 13.2 Å². The maximum atomic E-state index is 14.5. The number of hydrogen-bond donors (Lipinski definition) is 1. The van der Waals surface area contributed by atoms with Gasteiger partial charge >= 0.3 is 11.8 Å². The van der Waals surface area contributed by atoms with Crippen LogP contribution in [-0.2, 0) is 16.1 Å². The van der Waals surface area contributed by atoms with E-state index in [2.05, 4.69) is 4.99 Å². The molecule has 34 heavy (non-hydrogen) atoms. The van der Waals surface area contributed by atoms with Crippen molar-refractivity contribution in [1.82, 2.24) is 10.2 Å². The fraction of sp³-hybridized carbons (Fsp3) is 0.400. The molecule has 180 valence electrons. The molecule has 2 amide bonds. The van der Waals surface area contributed by atoms with Gasteiger partial charge in [-0.3, -0.25) is 14.5 Å². The molecule has 1 heterocycles. The molecule has 1 saturated carbocycles. The molecule has 6 nitrogen and oxygen atoms in total.